The number of anilines is 1. The van der Waals surface area contributed by atoms with Crippen LogP contribution in [0.25, 0.3) is 0 Å². The van der Waals surface area contributed by atoms with Gasteiger partial charge in [0.05, 0.1) is 0 Å². The molecule has 0 bridgehead atoms. The highest BCUT2D eigenvalue weighted by atomic mass is 15.2. The van der Waals surface area contributed by atoms with E-state index in [9.17, 15) is 0 Å². The molecule has 116 valence electrons. The monoisotopic (exact) mass is 287 g/mol. The van der Waals surface area contributed by atoms with Crippen molar-refractivity contribution in [1.82, 2.24) is 4.90 Å². The molecule has 0 spiro atoms. The Hall–Kier alpha value is -1.06. The minimum absolute atomic E-state index is 0.638. The Morgan fingerprint density at radius 1 is 1.10 bits per heavy atom. The van der Waals surface area contributed by atoms with Crippen molar-refractivity contribution in [3.05, 3.63) is 29.3 Å². The van der Waals surface area contributed by atoms with E-state index >= 15 is 0 Å². The molecule has 3 heteroatoms. The van der Waals surface area contributed by atoms with Crippen LogP contribution in [0.5, 0.6) is 0 Å². The van der Waals surface area contributed by atoms with Crippen LogP contribution in [0.1, 0.15) is 36.8 Å². The molecule has 2 heterocycles. The van der Waals surface area contributed by atoms with E-state index in [-0.39, 0.29) is 0 Å². The number of benzene rings is 1. The predicted octanol–water partition coefficient (Wildman–Crippen LogP) is 2.77. The number of piperidine rings is 1. The van der Waals surface area contributed by atoms with Crippen molar-refractivity contribution in [1.29, 1.82) is 0 Å². The van der Waals surface area contributed by atoms with Gasteiger partial charge in [-0.25, -0.2) is 0 Å². The molecular weight excluding hydrogens is 258 g/mol. The lowest BCUT2D eigenvalue weighted by atomic mass is 9.95. The quantitative estimate of drug-likeness (QED) is 0.924. The Kier molecular flexibility index (Phi) is 4.81. The minimum Gasteiger partial charge on any atom is -0.371 e. The van der Waals surface area contributed by atoms with Gasteiger partial charge < -0.3 is 15.5 Å². The van der Waals surface area contributed by atoms with Crippen LogP contribution in [-0.2, 0) is 6.54 Å². The predicted molar refractivity (Wildman–Crippen MR) is 89.7 cm³/mol. The molecule has 2 N–H and O–H groups in total. The van der Waals surface area contributed by atoms with Gasteiger partial charge >= 0.3 is 0 Å². The van der Waals surface area contributed by atoms with Gasteiger partial charge in [0.2, 0.25) is 0 Å². The van der Waals surface area contributed by atoms with Crippen molar-refractivity contribution in [2.75, 3.05) is 37.6 Å². The van der Waals surface area contributed by atoms with E-state index in [1.54, 1.807) is 0 Å². The van der Waals surface area contributed by atoms with Crippen LogP contribution in [0.2, 0.25) is 0 Å². The molecule has 0 amide bonds. The maximum Gasteiger partial charge on any atom is 0.0396 e. The Bertz CT molecular complexity index is 458. The van der Waals surface area contributed by atoms with Gasteiger partial charge in [0, 0.05) is 31.9 Å². The summed E-state index contributed by atoms with van der Waals surface area (Å²) in [6.07, 6.45) is 5.50. The summed E-state index contributed by atoms with van der Waals surface area (Å²) < 4.78 is 0. The average Bonchev–Trinajstić information content (AvgIpc) is 3.01. The lowest BCUT2D eigenvalue weighted by Gasteiger charge is -2.36. The van der Waals surface area contributed by atoms with E-state index in [4.69, 9.17) is 5.73 Å². The zero-order valence-electron chi connectivity index (χ0n) is 13.4. The topological polar surface area (TPSA) is 32.5 Å². The average molecular weight is 287 g/mol. The van der Waals surface area contributed by atoms with Crippen LogP contribution in [0.15, 0.2) is 18.2 Å². The van der Waals surface area contributed by atoms with Gasteiger partial charge in [-0.05, 0) is 68.8 Å². The summed E-state index contributed by atoms with van der Waals surface area (Å²) in [6, 6.07) is 6.68. The summed E-state index contributed by atoms with van der Waals surface area (Å²) in [7, 11) is 0. The number of likely N-dealkylation sites (tertiary alicyclic amines) is 1. The maximum atomic E-state index is 5.72. The third-order valence-corrected chi connectivity index (χ3v) is 5.17. The van der Waals surface area contributed by atoms with Gasteiger partial charge in [0.1, 0.15) is 0 Å². The molecule has 21 heavy (non-hydrogen) atoms. The van der Waals surface area contributed by atoms with Crippen LogP contribution in [0.3, 0.4) is 0 Å². The number of aryl methyl sites for hydroxylation is 1. The van der Waals surface area contributed by atoms with Gasteiger partial charge in [-0.15, -0.1) is 0 Å². The standard InChI is InChI=1S/C18H29N3/c1-15-12-17(13-19)4-5-18(15)21-10-6-16(7-11-21)14-20-8-2-3-9-20/h4-5,12,16H,2-3,6-11,13-14,19H2,1H3. The van der Waals surface area contributed by atoms with Crippen LogP contribution in [0, 0.1) is 12.8 Å². The molecular formula is C18H29N3. The molecule has 3 rings (SSSR count). The molecule has 0 saturated carbocycles. The summed E-state index contributed by atoms with van der Waals surface area (Å²) in [4.78, 5) is 5.23. The molecule has 2 fully saturated rings. The Morgan fingerprint density at radius 2 is 1.81 bits per heavy atom. The highest BCUT2D eigenvalue weighted by molar-refractivity contribution is 5.54. The van der Waals surface area contributed by atoms with E-state index < -0.39 is 0 Å². The zero-order valence-corrected chi connectivity index (χ0v) is 13.4. The molecule has 0 radical (unpaired) electrons. The first kappa shape index (κ1) is 14.9. The van der Waals surface area contributed by atoms with Crippen LogP contribution < -0.4 is 10.6 Å². The zero-order chi connectivity index (χ0) is 14.7. The Morgan fingerprint density at radius 3 is 2.43 bits per heavy atom. The summed E-state index contributed by atoms with van der Waals surface area (Å²) in [5.74, 6) is 0.906. The van der Waals surface area contributed by atoms with E-state index in [2.05, 4.69) is 34.9 Å². The van der Waals surface area contributed by atoms with E-state index in [1.165, 1.54) is 75.2 Å². The van der Waals surface area contributed by atoms with Crippen LogP contribution >= 0.6 is 0 Å². The summed E-state index contributed by atoms with van der Waals surface area (Å²) in [6.45, 7) is 9.27. The van der Waals surface area contributed by atoms with Gasteiger partial charge in [-0.2, -0.15) is 0 Å². The molecule has 2 saturated heterocycles. The molecule has 1 aromatic carbocycles. The fourth-order valence-electron chi connectivity index (χ4n) is 3.89. The van der Waals surface area contributed by atoms with Gasteiger partial charge in [0.15, 0.2) is 0 Å². The lowest BCUT2D eigenvalue weighted by molar-refractivity contribution is 0.249. The van der Waals surface area contributed by atoms with Crippen molar-refractivity contribution in [2.24, 2.45) is 11.7 Å². The Labute approximate surface area is 129 Å². The van der Waals surface area contributed by atoms with Crippen LogP contribution in [-0.4, -0.2) is 37.6 Å². The smallest absolute Gasteiger partial charge is 0.0396 e. The number of nitrogens with two attached hydrogens (primary N) is 1. The third kappa shape index (κ3) is 3.58. The molecule has 3 nitrogen and oxygen atoms in total. The van der Waals surface area contributed by atoms with Crippen molar-refractivity contribution < 1.29 is 0 Å². The third-order valence-electron chi connectivity index (χ3n) is 5.17. The van der Waals surface area contributed by atoms with Gasteiger partial charge in [-0.1, -0.05) is 12.1 Å². The first-order valence-corrected chi connectivity index (χ1v) is 8.53. The minimum atomic E-state index is 0.638. The number of rotatable bonds is 4. The SMILES string of the molecule is Cc1cc(CN)ccc1N1CCC(CN2CCCC2)CC1. The van der Waals surface area contributed by atoms with E-state index in [1.807, 2.05) is 0 Å². The van der Waals surface area contributed by atoms with Crippen LogP contribution in [0.4, 0.5) is 5.69 Å². The normalized spacial score (nSPS) is 21.1. The molecule has 0 atom stereocenters. The second-order valence-electron chi connectivity index (χ2n) is 6.76. The highest BCUT2D eigenvalue weighted by Crippen LogP contribution is 2.27. The largest absolute Gasteiger partial charge is 0.371 e. The summed E-state index contributed by atoms with van der Waals surface area (Å²) in [5.41, 5.74) is 9.74. The Balaban J connectivity index is 1.55. The number of hydrogen-bond donors (Lipinski definition) is 1. The molecule has 0 unspecified atom stereocenters. The maximum absolute atomic E-state index is 5.72. The lowest BCUT2D eigenvalue weighted by Crippen LogP contribution is -2.38. The number of nitrogens with zero attached hydrogens (tertiary/aromatic N) is 2. The second-order valence-corrected chi connectivity index (χ2v) is 6.76. The van der Waals surface area contributed by atoms with Gasteiger partial charge in [0.25, 0.3) is 0 Å². The fourth-order valence-corrected chi connectivity index (χ4v) is 3.89. The molecule has 0 aromatic heterocycles. The first-order valence-electron chi connectivity index (χ1n) is 8.53. The van der Waals surface area contributed by atoms with E-state index in [0.29, 0.717) is 6.54 Å². The molecule has 2 aliphatic rings. The van der Waals surface area contributed by atoms with Crippen molar-refractivity contribution in [3.8, 4) is 0 Å². The molecule has 0 aliphatic carbocycles. The fraction of sp³-hybridized carbons (Fsp3) is 0.667. The van der Waals surface area contributed by atoms with Crippen molar-refractivity contribution in [3.63, 3.8) is 0 Å². The van der Waals surface area contributed by atoms with E-state index in [0.717, 1.165) is 5.92 Å². The molecule has 2 aliphatic heterocycles. The second kappa shape index (κ2) is 6.80. The molecule has 1 aromatic rings. The summed E-state index contributed by atoms with van der Waals surface area (Å²) in [5, 5.41) is 0. The van der Waals surface area contributed by atoms with Gasteiger partial charge in [-0.3, -0.25) is 0 Å². The summed E-state index contributed by atoms with van der Waals surface area (Å²) >= 11 is 0. The highest BCUT2D eigenvalue weighted by Gasteiger charge is 2.23. The first-order chi connectivity index (χ1) is 10.3. The van der Waals surface area contributed by atoms with Crippen molar-refractivity contribution in [2.45, 2.75) is 39.2 Å². The number of hydrogen-bond acceptors (Lipinski definition) is 3. The van der Waals surface area contributed by atoms with Crippen molar-refractivity contribution >= 4 is 5.69 Å².